The molecule has 1 saturated heterocycles. The average molecular weight is 360 g/mol. The molecule has 0 radical (unpaired) electrons. The van der Waals surface area contributed by atoms with Crippen LogP contribution in [0.1, 0.15) is 46.5 Å². The molecule has 2 bridgehead atoms. The second kappa shape index (κ2) is 4.52. The lowest BCUT2D eigenvalue weighted by Crippen LogP contribution is -2.36. The number of carbonyl (C=O) groups excluding carboxylic acids is 3. The second-order valence-electron chi connectivity index (χ2n) is 9.56. The molecule has 1 heterocycles. The molecule has 140 valence electrons. The van der Waals surface area contributed by atoms with Crippen LogP contribution in [0.25, 0.3) is 0 Å². The van der Waals surface area contributed by atoms with E-state index in [2.05, 4.69) is 20.4 Å². The Morgan fingerprint density at radius 1 is 1.27 bits per heavy atom. The van der Waals surface area contributed by atoms with E-state index in [9.17, 15) is 14.4 Å². The minimum atomic E-state index is -0.651. The number of ether oxygens (including phenoxy) is 3. The fourth-order valence-electron chi connectivity index (χ4n) is 6.09. The van der Waals surface area contributed by atoms with Crippen LogP contribution in [0.15, 0.2) is 12.2 Å². The van der Waals surface area contributed by atoms with Crippen molar-refractivity contribution in [3.63, 3.8) is 0 Å². The van der Waals surface area contributed by atoms with Gasteiger partial charge in [0.1, 0.15) is 23.2 Å². The lowest BCUT2D eigenvalue weighted by molar-refractivity contribution is -0.159. The molecule has 0 aromatic rings. The molecule has 5 rings (SSSR count). The first-order chi connectivity index (χ1) is 12.1. The minimum absolute atomic E-state index is 0.00471. The van der Waals surface area contributed by atoms with Crippen molar-refractivity contribution in [3.8, 4) is 0 Å². The highest BCUT2D eigenvalue weighted by Gasteiger charge is 2.92. The fraction of sp³-hybridized carbons (Fsp3) is 0.750. The Morgan fingerprint density at radius 3 is 2.62 bits per heavy atom. The summed E-state index contributed by atoms with van der Waals surface area (Å²) in [5.41, 5.74) is -0.949. The van der Waals surface area contributed by atoms with Crippen molar-refractivity contribution in [2.24, 2.45) is 28.6 Å². The zero-order chi connectivity index (χ0) is 18.6. The van der Waals surface area contributed by atoms with E-state index in [0.717, 1.165) is 6.42 Å². The zero-order valence-corrected chi connectivity index (χ0v) is 15.4. The number of hydrogen-bond donors (Lipinski definition) is 0. The van der Waals surface area contributed by atoms with Crippen molar-refractivity contribution < 1.29 is 28.6 Å². The Bertz CT molecular complexity index is 758. The molecular weight excluding hydrogens is 336 g/mol. The topological polar surface area (TPSA) is 78.9 Å². The largest absolute Gasteiger partial charge is 0.462 e. The van der Waals surface area contributed by atoms with Gasteiger partial charge in [0.25, 0.3) is 0 Å². The summed E-state index contributed by atoms with van der Waals surface area (Å²) in [7, 11) is 0. The van der Waals surface area contributed by atoms with Gasteiger partial charge in [-0.2, -0.15) is 0 Å². The van der Waals surface area contributed by atoms with E-state index in [1.165, 1.54) is 0 Å². The molecule has 6 nitrogen and oxygen atoms in total. The standard InChI is InChI=1S/C20H24O6/c1-9(2)16(22)26-20-7-19(20,8-20)17(23)24-12-6-11-15-10(5-13(21)25-15)14(12)18(11,3)4/h10-12,14-15H,1,5-8H2,2-4H3. The van der Waals surface area contributed by atoms with Gasteiger partial charge in [0, 0.05) is 36.2 Å². The number of rotatable bonds is 4. The van der Waals surface area contributed by atoms with E-state index < -0.39 is 17.0 Å². The van der Waals surface area contributed by atoms with Gasteiger partial charge in [0.15, 0.2) is 0 Å². The average Bonchev–Trinajstić information content (AvgIpc) is 3.19. The quantitative estimate of drug-likeness (QED) is 0.434. The summed E-state index contributed by atoms with van der Waals surface area (Å²) < 4.78 is 16.9. The van der Waals surface area contributed by atoms with Gasteiger partial charge < -0.3 is 14.2 Å². The maximum Gasteiger partial charge on any atom is 0.333 e. The Morgan fingerprint density at radius 2 is 1.96 bits per heavy atom. The SMILES string of the molecule is C=C(C)C(=O)OC12CC1(C(=O)OC1CC3C4OC(=O)CC4C1C3(C)C)C2. The molecule has 4 aliphatic carbocycles. The molecule has 26 heavy (non-hydrogen) atoms. The van der Waals surface area contributed by atoms with E-state index >= 15 is 0 Å². The number of esters is 3. The first-order valence-electron chi connectivity index (χ1n) is 9.41. The van der Waals surface area contributed by atoms with E-state index in [1.807, 2.05) is 0 Å². The first kappa shape index (κ1) is 16.3. The molecule has 0 aromatic heterocycles. The van der Waals surface area contributed by atoms with Crippen LogP contribution in [-0.2, 0) is 28.6 Å². The second-order valence-corrected chi connectivity index (χ2v) is 9.56. The molecule has 5 aliphatic rings. The van der Waals surface area contributed by atoms with E-state index in [4.69, 9.17) is 14.2 Å². The summed E-state index contributed by atoms with van der Waals surface area (Å²) in [5.74, 6) is -0.287. The van der Waals surface area contributed by atoms with Crippen molar-refractivity contribution in [3.05, 3.63) is 12.2 Å². The van der Waals surface area contributed by atoms with Crippen molar-refractivity contribution in [2.45, 2.75) is 64.3 Å². The van der Waals surface area contributed by atoms with Crippen molar-refractivity contribution in [1.29, 1.82) is 0 Å². The zero-order valence-electron chi connectivity index (χ0n) is 15.4. The highest BCUT2D eigenvalue weighted by Crippen LogP contribution is 2.81. The highest BCUT2D eigenvalue weighted by molar-refractivity contribution is 5.93. The predicted octanol–water partition coefficient (Wildman–Crippen LogP) is 2.16. The van der Waals surface area contributed by atoms with Gasteiger partial charge in [-0.3, -0.25) is 9.59 Å². The van der Waals surface area contributed by atoms with Crippen LogP contribution >= 0.6 is 0 Å². The molecule has 5 unspecified atom stereocenters. The maximum absolute atomic E-state index is 12.8. The third-order valence-electron chi connectivity index (χ3n) is 7.73. The van der Waals surface area contributed by atoms with Crippen molar-refractivity contribution >= 4 is 17.9 Å². The van der Waals surface area contributed by atoms with Gasteiger partial charge in [-0.05, 0) is 18.8 Å². The number of carbonyl (C=O) groups is 3. The lowest BCUT2D eigenvalue weighted by atomic mass is 9.78. The molecule has 0 amide bonds. The van der Waals surface area contributed by atoms with Gasteiger partial charge in [-0.25, -0.2) is 4.79 Å². The minimum Gasteiger partial charge on any atom is -0.462 e. The molecule has 0 aromatic carbocycles. The Labute approximate surface area is 152 Å². The molecule has 5 atom stereocenters. The van der Waals surface area contributed by atoms with E-state index in [0.29, 0.717) is 24.8 Å². The number of hydrogen-bond acceptors (Lipinski definition) is 6. The molecular formula is C20H24O6. The van der Waals surface area contributed by atoms with Crippen LogP contribution in [0.4, 0.5) is 0 Å². The summed E-state index contributed by atoms with van der Waals surface area (Å²) in [6.07, 6.45) is 2.07. The third kappa shape index (κ3) is 1.80. The van der Waals surface area contributed by atoms with Crippen LogP contribution in [0, 0.1) is 28.6 Å². The van der Waals surface area contributed by atoms with Crippen LogP contribution in [0.5, 0.6) is 0 Å². The third-order valence-corrected chi connectivity index (χ3v) is 7.73. The summed E-state index contributed by atoms with van der Waals surface area (Å²) in [6.45, 7) is 9.56. The predicted molar refractivity (Wildman–Crippen MR) is 88.5 cm³/mol. The van der Waals surface area contributed by atoms with Crippen molar-refractivity contribution in [1.82, 2.24) is 0 Å². The van der Waals surface area contributed by atoms with Crippen LogP contribution in [-0.4, -0.2) is 35.7 Å². The molecule has 4 saturated carbocycles. The smallest absolute Gasteiger partial charge is 0.333 e. The molecule has 1 aliphatic heterocycles. The summed E-state index contributed by atoms with van der Waals surface area (Å²) in [6, 6.07) is 0. The highest BCUT2D eigenvalue weighted by atomic mass is 16.6. The molecule has 5 fully saturated rings. The van der Waals surface area contributed by atoms with Gasteiger partial charge in [0.05, 0.1) is 6.42 Å². The molecule has 0 spiro atoms. The normalized spacial score (nSPS) is 48.3. The number of fused-ring (bicyclic) bond motifs is 6. The van der Waals surface area contributed by atoms with Gasteiger partial charge >= 0.3 is 17.9 Å². The monoisotopic (exact) mass is 360 g/mol. The first-order valence-corrected chi connectivity index (χ1v) is 9.41. The van der Waals surface area contributed by atoms with Crippen molar-refractivity contribution in [2.75, 3.05) is 0 Å². The van der Waals surface area contributed by atoms with E-state index in [1.54, 1.807) is 6.92 Å². The maximum atomic E-state index is 12.8. The van der Waals surface area contributed by atoms with Crippen LogP contribution in [0.2, 0.25) is 0 Å². The Hall–Kier alpha value is -1.85. The van der Waals surface area contributed by atoms with Gasteiger partial charge in [-0.1, -0.05) is 20.4 Å². The van der Waals surface area contributed by atoms with E-state index in [-0.39, 0.29) is 47.3 Å². The van der Waals surface area contributed by atoms with Gasteiger partial charge in [0.2, 0.25) is 0 Å². The lowest BCUT2D eigenvalue weighted by Gasteiger charge is -2.30. The summed E-state index contributed by atoms with van der Waals surface area (Å²) in [5, 5.41) is 0. The van der Waals surface area contributed by atoms with Crippen LogP contribution in [0.3, 0.4) is 0 Å². The Kier molecular flexibility index (Phi) is 2.84. The van der Waals surface area contributed by atoms with Gasteiger partial charge in [-0.15, -0.1) is 0 Å². The van der Waals surface area contributed by atoms with Crippen LogP contribution < -0.4 is 0 Å². The summed E-state index contributed by atoms with van der Waals surface area (Å²) in [4.78, 5) is 36.3. The summed E-state index contributed by atoms with van der Waals surface area (Å²) >= 11 is 0. The Balaban J connectivity index is 1.28. The molecule has 0 N–H and O–H groups in total. The fourth-order valence-corrected chi connectivity index (χ4v) is 6.09. The molecule has 6 heteroatoms.